The molecule has 0 aromatic heterocycles. The van der Waals surface area contributed by atoms with E-state index in [1.54, 1.807) is 15.4 Å². The van der Waals surface area contributed by atoms with Crippen LogP contribution < -0.4 is 10.4 Å². The van der Waals surface area contributed by atoms with Gasteiger partial charge in [-0.05, 0) is 0 Å². The topological polar surface area (TPSA) is 0 Å². The molecule has 0 saturated carbocycles. The van der Waals surface area contributed by atoms with Gasteiger partial charge in [-0.25, -0.2) is 0 Å². The molecule has 284 valence electrons. The molecule has 3 aliphatic rings. The molecule has 5 heteroatoms. The molecule has 0 spiro atoms. The van der Waals surface area contributed by atoms with Crippen molar-refractivity contribution in [3.8, 4) is 11.1 Å². The molecule has 0 saturated heterocycles. The number of unbranched alkanes of at least 4 members (excludes halogenated alkanes) is 1. The van der Waals surface area contributed by atoms with Crippen molar-refractivity contribution in [3.05, 3.63) is 208 Å². The predicted octanol–water partition coefficient (Wildman–Crippen LogP) is 12.2. The second-order valence-electron chi connectivity index (χ2n) is 15.1. The number of fused-ring (bicyclic) bond motifs is 2. The van der Waals surface area contributed by atoms with Gasteiger partial charge in [0.2, 0.25) is 0 Å². The molecular formula is C51H48Cl2F2Zr. The number of rotatable bonds is 11. The number of halogens is 4. The van der Waals surface area contributed by atoms with Gasteiger partial charge in [0.25, 0.3) is 0 Å². The van der Waals surface area contributed by atoms with Crippen LogP contribution in [0, 0.1) is 18.6 Å². The van der Waals surface area contributed by atoms with E-state index < -0.39 is 21.3 Å². The summed E-state index contributed by atoms with van der Waals surface area (Å²) in [5, 5.41) is 2.57. The van der Waals surface area contributed by atoms with Crippen molar-refractivity contribution >= 4 is 39.7 Å². The van der Waals surface area contributed by atoms with E-state index in [9.17, 15) is 8.78 Å². The Balaban J connectivity index is 0.00000266. The number of benzene rings is 5. The van der Waals surface area contributed by atoms with Gasteiger partial charge in [0.15, 0.2) is 0 Å². The van der Waals surface area contributed by atoms with Crippen LogP contribution in [-0.2, 0) is 39.5 Å². The fourth-order valence-corrected chi connectivity index (χ4v) is 18.5. The van der Waals surface area contributed by atoms with Crippen LogP contribution in [0.5, 0.6) is 0 Å². The van der Waals surface area contributed by atoms with Gasteiger partial charge in [0, 0.05) is 0 Å². The van der Waals surface area contributed by atoms with Crippen LogP contribution in [0.15, 0.2) is 163 Å². The summed E-state index contributed by atoms with van der Waals surface area (Å²) in [6, 6.07) is 41.0. The van der Waals surface area contributed by atoms with Crippen LogP contribution >= 0.6 is 24.8 Å². The Bertz CT molecular complexity index is 2490. The second-order valence-corrected chi connectivity index (χ2v) is 21.5. The number of hydrogen-bond donors (Lipinski definition) is 0. The predicted molar refractivity (Wildman–Crippen MR) is 234 cm³/mol. The molecule has 1 unspecified atom stereocenters. The third-order valence-corrected chi connectivity index (χ3v) is 19.6. The van der Waals surface area contributed by atoms with E-state index in [1.807, 2.05) is 12.1 Å². The van der Waals surface area contributed by atoms with Crippen molar-refractivity contribution in [2.45, 2.75) is 64.7 Å². The molecule has 3 aliphatic carbocycles. The largest absolute Gasteiger partial charge is 0.147 e. The fourth-order valence-electron chi connectivity index (χ4n) is 9.09. The molecule has 0 N–H and O–H groups in total. The summed E-state index contributed by atoms with van der Waals surface area (Å²) >= 11 is -3.17. The zero-order valence-corrected chi connectivity index (χ0v) is 36.3. The van der Waals surface area contributed by atoms with Gasteiger partial charge in [-0.2, -0.15) is 0 Å². The maximum absolute atomic E-state index is 14.9. The molecule has 0 nitrogen and oxygen atoms in total. The second kappa shape index (κ2) is 18.1. The molecule has 8 rings (SSSR count). The molecule has 0 fully saturated rings. The number of aryl methyl sites for hydroxylation is 1. The standard InChI is InChI=1S/C31H29.C15H12F2.C5H5.2ClH.Zr/c1-4-5-16-31(27-14-10-7-11-15-27)21-26-19-25-20-28(24-12-8-6-9-13-24)22(2)17-29(25)30(26)18-23(31)3;16-14-8-2-6-12(10-14)4-1-5-13-7-3-9-15(17)11-13;1-2-4-5-3-1;;;/h6-15,17-20H,4-5,16H2,1-3H3;2-3,6-11H,4-5H2;1-3H,4H2;2*1H;. The molecular weight excluding hydrogens is 813 g/mol. The van der Waals surface area contributed by atoms with Gasteiger partial charge in [-0.1, -0.05) is 0 Å². The molecule has 5 aromatic carbocycles. The molecule has 0 bridgehead atoms. The summed E-state index contributed by atoms with van der Waals surface area (Å²) in [4.78, 5) is 0. The Morgan fingerprint density at radius 3 is 1.95 bits per heavy atom. The Hall–Kier alpha value is -4.01. The quantitative estimate of drug-likeness (QED) is 0.124. The van der Waals surface area contributed by atoms with Gasteiger partial charge in [0.05, 0.1) is 0 Å². The zero-order valence-electron chi connectivity index (χ0n) is 32.2. The average molecular weight is 861 g/mol. The smallest absolute Gasteiger partial charge is 0.147 e. The van der Waals surface area contributed by atoms with Gasteiger partial charge in [-0.15, -0.1) is 24.8 Å². The molecule has 1 atom stereocenters. The first-order valence-electron chi connectivity index (χ1n) is 19.3. The minimum atomic E-state index is -3.17. The van der Waals surface area contributed by atoms with E-state index in [-0.39, 0.29) is 41.9 Å². The van der Waals surface area contributed by atoms with Crippen LogP contribution in [-0.4, -0.2) is 3.21 Å². The normalized spacial score (nSPS) is 16.6. The SMILES string of the molecule is CCCCC1(c2ccccc2)C(C)=CC2=c3cc(C)c(-c4ccccc4)cc3=CC2=[C]1[Zr]([C]1=CC=CC1)=[C](Cc1cccc(F)c1)Cc1cccc(F)c1.Cl.Cl. The summed E-state index contributed by atoms with van der Waals surface area (Å²) in [7, 11) is 0. The van der Waals surface area contributed by atoms with Crippen LogP contribution in [0.4, 0.5) is 8.78 Å². The third-order valence-electron chi connectivity index (χ3n) is 11.6. The minimum absolute atomic E-state index is 0. The van der Waals surface area contributed by atoms with Crippen molar-refractivity contribution in [1.29, 1.82) is 0 Å². The minimum Gasteiger partial charge on any atom is -0.147 e. The molecule has 0 radical (unpaired) electrons. The van der Waals surface area contributed by atoms with Gasteiger partial charge >= 0.3 is 328 Å². The maximum Gasteiger partial charge on any atom is -0.147 e. The van der Waals surface area contributed by atoms with Crippen molar-refractivity contribution in [2.24, 2.45) is 0 Å². The van der Waals surface area contributed by atoms with Gasteiger partial charge < -0.3 is 0 Å². The van der Waals surface area contributed by atoms with Gasteiger partial charge in [0.1, 0.15) is 0 Å². The van der Waals surface area contributed by atoms with E-state index in [1.165, 1.54) is 68.0 Å². The molecule has 56 heavy (non-hydrogen) atoms. The third kappa shape index (κ3) is 8.06. The monoisotopic (exact) mass is 858 g/mol. The van der Waals surface area contributed by atoms with Crippen LogP contribution in [0.25, 0.3) is 22.8 Å². The van der Waals surface area contributed by atoms with Crippen molar-refractivity contribution in [3.63, 3.8) is 0 Å². The maximum atomic E-state index is 14.9. The first-order valence-corrected chi connectivity index (χ1v) is 23.0. The first-order chi connectivity index (χ1) is 26.4. The van der Waals surface area contributed by atoms with E-state index >= 15 is 0 Å². The molecule has 5 aromatic rings. The van der Waals surface area contributed by atoms with Crippen LogP contribution in [0.2, 0.25) is 0 Å². The van der Waals surface area contributed by atoms with Gasteiger partial charge in [-0.3, -0.25) is 0 Å². The first kappa shape index (κ1) is 41.6. The van der Waals surface area contributed by atoms with E-state index in [2.05, 4.69) is 136 Å². The van der Waals surface area contributed by atoms with E-state index in [4.69, 9.17) is 0 Å². The van der Waals surface area contributed by atoms with Crippen LogP contribution in [0.1, 0.15) is 61.8 Å². The Kier molecular flexibility index (Phi) is 13.4. The molecule has 0 aliphatic heterocycles. The number of allylic oxidation sites excluding steroid dienone is 8. The summed E-state index contributed by atoms with van der Waals surface area (Å²) < 4.78 is 34.4. The van der Waals surface area contributed by atoms with E-state index in [0.29, 0.717) is 12.8 Å². The summed E-state index contributed by atoms with van der Waals surface area (Å²) in [6.45, 7) is 6.90. The Morgan fingerprint density at radius 1 is 0.714 bits per heavy atom. The average Bonchev–Trinajstić information content (AvgIpc) is 3.83. The van der Waals surface area contributed by atoms with Crippen LogP contribution in [0.3, 0.4) is 0 Å². The van der Waals surface area contributed by atoms with Crippen molar-refractivity contribution < 1.29 is 30.0 Å². The number of hydrogen-bond acceptors (Lipinski definition) is 0. The van der Waals surface area contributed by atoms with Crippen molar-refractivity contribution in [2.75, 3.05) is 0 Å². The summed E-state index contributed by atoms with van der Waals surface area (Å²) in [6.07, 6.45) is 17.4. The Labute approximate surface area is 350 Å². The fraction of sp³-hybridized carbons (Fsp3) is 0.196. The zero-order chi connectivity index (χ0) is 37.2. The summed E-state index contributed by atoms with van der Waals surface area (Å²) in [5.74, 6) is -0.436. The Morgan fingerprint density at radius 2 is 1.36 bits per heavy atom. The summed E-state index contributed by atoms with van der Waals surface area (Å²) in [5.41, 5.74) is 10.8. The molecule has 0 heterocycles. The molecule has 0 amide bonds. The van der Waals surface area contributed by atoms with Crippen molar-refractivity contribution in [1.82, 2.24) is 0 Å². The van der Waals surface area contributed by atoms with E-state index in [0.717, 1.165) is 36.8 Å².